The zero-order chi connectivity index (χ0) is 11.2. The van der Waals surface area contributed by atoms with Gasteiger partial charge in [-0.3, -0.25) is 4.90 Å². The van der Waals surface area contributed by atoms with Gasteiger partial charge in [-0.1, -0.05) is 28.1 Å². The average Bonchev–Trinajstić information content (AvgIpc) is 2.51. The van der Waals surface area contributed by atoms with Gasteiger partial charge in [-0.05, 0) is 56.8 Å². The second-order valence-corrected chi connectivity index (χ2v) is 6.15. The minimum Gasteiger partial charge on any atom is -0.294 e. The van der Waals surface area contributed by atoms with Gasteiger partial charge in [0.15, 0.2) is 0 Å². The maximum Gasteiger partial charge on any atom is 0.0461 e. The molecule has 0 aromatic heterocycles. The standard InChI is InChI=1S/C14H18BrN/c1-16-13-6-3-8-14(16,9-7-13)11-4-2-5-12(15)10-11/h2,4-5,10,13H,3,6-9H2,1H3/t13-,14+/m1/s1. The van der Waals surface area contributed by atoms with Crippen molar-refractivity contribution in [1.29, 1.82) is 0 Å². The van der Waals surface area contributed by atoms with Crippen LogP contribution in [0.3, 0.4) is 0 Å². The van der Waals surface area contributed by atoms with Crippen molar-refractivity contribution in [3.05, 3.63) is 34.3 Å². The highest BCUT2D eigenvalue weighted by molar-refractivity contribution is 9.10. The molecule has 2 aliphatic heterocycles. The Morgan fingerprint density at radius 3 is 3.00 bits per heavy atom. The SMILES string of the molecule is CN1[C@@H]2CCC[C@@]1(c1cccc(Br)c1)CC2. The number of fused-ring (bicyclic) bond motifs is 2. The summed E-state index contributed by atoms with van der Waals surface area (Å²) < 4.78 is 1.21. The molecule has 0 amide bonds. The Morgan fingerprint density at radius 1 is 1.31 bits per heavy atom. The maximum absolute atomic E-state index is 3.60. The molecule has 2 bridgehead atoms. The molecule has 0 saturated carbocycles. The fourth-order valence-corrected chi connectivity index (χ4v) is 4.06. The molecule has 0 aliphatic carbocycles. The summed E-state index contributed by atoms with van der Waals surface area (Å²) in [7, 11) is 2.32. The third kappa shape index (κ3) is 1.46. The molecule has 0 N–H and O–H groups in total. The number of nitrogens with zero attached hydrogens (tertiary/aromatic N) is 1. The van der Waals surface area contributed by atoms with Crippen LogP contribution >= 0.6 is 15.9 Å². The molecule has 3 rings (SSSR count). The fourth-order valence-electron chi connectivity index (χ4n) is 3.66. The smallest absolute Gasteiger partial charge is 0.0461 e. The van der Waals surface area contributed by atoms with E-state index in [1.54, 1.807) is 0 Å². The summed E-state index contributed by atoms with van der Waals surface area (Å²) in [5.74, 6) is 0. The van der Waals surface area contributed by atoms with Gasteiger partial charge in [-0.25, -0.2) is 0 Å². The molecular weight excluding hydrogens is 262 g/mol. The third-order valence-electron chi connectivity index (χ3n) is 4.60. The zero-order valence-corrected chi connectivity index (χ0v) is 11.3. The number of rotatable bonds is 1. The van der Waals surface area contributed by atoms with Crippen LogP contribution in [0.4, 0.5) is 0 Å². The van der Waals surface area contributed by atoms with Crippen molar-refractivity contribution in [2.24, 2.45) is 0 Å². The molecule has 1 aromatic rings. The molecule has 2 aliphatic rings. The zero-order valence-electron chi connectivity index (χ0n) is 9.75. The number of hydrogen-bond donors (Lipinski definition) is 0. The topological polar surface area (TPSA) is 3.24 Å². The summed E-state index contributed by atoms with van der Waals surface area (Å²) in [6.45, 7) is 0. The Bertz CT molecular complexity index is 399. The van der Waals surface area contributed by atoms with Gasteiger partial charge in [0.25, 0.3) is 0 Å². The van der Waals surface area contributed by atoms with Crippen molar-refractivity contribution in [2.75, 3.05) is 7.05 Å². The molecule has 2 heteroatoms. The Hall–Kier alpha value is -0.340. The first-order chi connectivity index (χ1) is 7.72. The predicted octanol–water partition coefficient (Wildman–Crippen LogP) is 3.92. The summed E-state index contributed by atoms with van der Waals surface area (Å²) in [6.07, 6.45) is 6.83. The summed E-state index contributed by atoms with van der Waals surface area (Å²) in [5.41, 5.74) is 1.85. The van der Waals surface area contributed by atoms with Gasteiger partial charge in [-0.15, -0.1) is 0 Å². The van der Waals surface area contributed by atoms with Crippen molar-refractivity contribution in [2.45, 2.75) is 43.7 Å². The molecule has 1 nitrogen and oxygen atoms in total. The lowest BCUT2D eigenvalue weighted by atomic mass is 9.82. The van der Waals surface area contributed by atoms with Crippen molar-refractivity contribution < 1.29 is 0 Å². The number of hydrogen-bond acceptors (Lipinski definition) is 1. The van der Waals surface area contributed by atoms with Crippen LogP contribution in [0.15, 0.2) is 28.7 Å². The summed E-state index contributed by atoms with van der Waals surface area (Å²) in [4.78, 5) is 2.64. The van der Waals surface area contributed by atoms with Crippen molar-refractivity contribution in [1.82, 2.24) is 4.90 Å². The Labute approximate surface area is 106 Å². The highest BCUT2D eigenvalue weighted by Crippen LogP contribution is 2.49. The van der Waals surface area contributed by atoms with Crippen molar-refractivity contribution in [3.63, 3.8) is 0 Å². The summed E-state index contributed by atoms with van der Waals surface area (Å²) >= 11 is 3.60. The van der Waals surface area contributed by atoms with Crippen molar-refractivity contribution >= 4 is 15.9 Å². The van der Waals surface area contributed by atoms with E-state index in [1.807, 2.05) is 0 Å². The normalized spacial score (nSPS) is 34.2. The van der Waals surface area contributed by atoms with Gasteiger partial charge in [-0.2, -0.15) is 0 Å². The number of piperidine rings is 1. The molecule has 2 fully saturated rings. The minimum atomic E-state index is 0.340. The van der Waals surface area contributed by atoms with E-state index in [0.29, 0.717) is 5.54 Å². The summed E-state index contributed by atoms with van der Waals surface area (Å²) in [6, 6.07) is 9.73. The largest absolute Gasteiger partial charge is 0.294 e. The quantitative estimate of drug-likeness (QED) is 0.753. The van der Waals surface area contributed by atoms with E-state index in [0.717, 1.165) is 6.04 Å². The van der Waals surface area contributed by atoms with Crippen molar-refractivity contribution in [3.8, 4) is 0 Å². The average molecular weight is 280 g/mol. The van der Waals surface area contributed by atoms with Crippen LogP contribution in [-0.2, 0) is 5.54 Å². The molecule has 1 aromatic carbocycles. The van der Waals surface area contributed by atoms with Crippen LogP contribution in [0.5, 0.6) is 0 Å². The van der Waals surface area contributed by atoms with E-state index < -0.39 is 0 Å². The predicted molar refractivity (Wildman–Crippen MR) is 70.5 cm³/mol. The first-order valence-corrected chi connectivity index (χ1v) is 7.01. The molecule has 0 unspecified atom stereocenters. The van der Waals surface area contributed by atoms with Crippen LogP contribution < -0.4 is 0 Å². The van der Waals surface area contributed by atoms with E-state index in [9.17, 15) is 0 Å². The Kier molecular flexibility index (Phi) is 2.60. The van der Waals surface area contributed by atoms with Gasteiger partial charge in [0.2, 0.25) is 0 Å². The lowest BCUT2D eigenvalue weighted by Gasteiger charge is -2.43. The molecule has 2 atom stereocenters. The van der Waals surface area contributed by atoms with Gasteiger partial charge in [0.05, 0.1) is 0 Å². The van der Waals surface area contributed by atoms with Crippen LogP contribution in [0.1, 0.15) is 37.7 Å². The maximum atomic E-state index is 3.60. The highest BCUT2D eigenvalue weighted by Gasteiger charge is 2.47. The molecule has 0 radical (unpaired) electrons. The lowest BCUT2D eigenvalue weighted by Crippen LogP contribution is -2.45. The first kappa shape index (κ1) is 10.8. The number of benzene rings is 1. The first-order valence-electron chi connectivity index (χ1n) is 6.21. The van der Waals surface area contributed by atoms with Gasteiger partial charge in [0.1, 0.15) is 0 Å². The van der Waals surface area contributed by atoms with E-state index in [2.05, 4.69) is 52.1 Å². The second kappa shape index (κ2) is 3.85. The summed E-state index contributed by atoms with van der Waals surface area (Å²) in [5, 5.41) is 0. The number of halogens is 1. The van der Waals surface area contributed by atoms with Crippen LogP contribution in [0, 0.1) is 0 Å². The van der Waals surface area contributed by atoms with E-state index >= 15 is 0 Å². The van der Waals surface area contributed by atoms with Crippen LogP contribution in [0.25, 0.3) is 0 Å². The van der Waals surface area contributed by atoms with Crippen LogP contribution in [-0.4, -0.2) is 18.0 Å². The molecular formula is C14H18BrN. The van der Waals surface area contributed by atoms with Gasteiger partial charge >= 0.3 is 0 Å². The lowest BCUT2D eigenvalue weighted by molar-refractivity contribution is 0.0805. The van der Waals surface area contributed by atoms with E-state index in [1.165, 1.54) is 42.1 Å². The highest BCUT2D eigenvalue weighted by atomic mass is 79.9. The van der Waals surface area contributed by atoms with Crippen LogP contribution in [0.2, 0.25) is 0 Å². The Balaban J connectivity index is 2.04. The second-order valence-electron chi connectivity index (χ2n) is 5.24. The third-order valence-corrected chi connectivity index (χ3v) is 5.10. The minimum absolute atomic E-state index is 0.340. The van der Waals surface area contributed by atoms with E-state index in [4.69, 9.17) is 0 Å². The molecule has 2 saturated heterocycles. The molecule has 86 valence electrons. The Morgan fingerprint density at radius 2 is 2.19 bits per heavy atom. The monoisotopic (exact) mass is 279 g/mol. The molecule has 2 heterocycles. The van der Waals surface area contributed by atoms with E-state index in [-0.39, 0.29) is 0 Å². The van der Waals surface area contributed by atoms with Gasteiger partial charge in [0, 0.05) is 16.1 Å². The fraction of sp³-hybridized carbons (Fsp3) is 0.571. The van der Waals surface area contributed by atoms with Gasteiger partial charge < -0.3 is 0 Å². The molecule has 16 heavy (non-hydrogen) atoms. The molecule has 0 spiro atoms.